The lowest BCUT2D eigenvalue weighted by Crippen LogP contribution is -1.82. The monoisotopic (exact) mass is 282 g/mol. The maximum absolute atomic E-state index is 5.71. The zero-order valence-corrected chi connectivity index (χ0v) is 11.6. The van der Waals surface area contributed by atoms with Gasteiger partial charge in [-0.3, -0.25) is 0 Å². The van der Waals surface area contributed by atoms with Crippen LogP contribution in [0.25, 0.3) is 31.4 Å². The van der Waals surface area contributed by atoms with Crippen molar-refractivity contribution in [2.75, 3.05) is 5.73 Å². The molecule has 2 aromatic carbocycles. The predicted octanol–water partition coefficient (Wildman–Crippen LogP) is 4.76. The van der Waals surface area contributed by atoms with Crippen LogP contribution < -0.4 is 5.73 Å². The topological polar surface area (TPSA) is 38.9 Å². The molecule has 0 saturated heterocycles. The summed E-state index contributed by atoms with van der Waals surface area (Å²) in [7, 11) is 0. The molecule has 2 nitrogen and oxygen atoms in total. The smallest absolute Gasteiger partial charge is 0.180 e. The molecule has 19 heavy (non-hydrogen) atoms. The van der Waals surface area contributed by atoms with E-state index in [1.54, 1.807) is 0 Å². The molecule has 92 valence electrons. The van der Waals surface area contributed by atoms with Gasteiger partial charge in [-0.15, -0.1) is 22.7 Å². The van der Waals surface area contributed by atoms with E-state index in [0.29, 0.717) is 5.13 Å². The molecule has 0 amide bonds. The number of hydrogen-bond donors (Lipinski definition) is 1. The van der Waals surface area contributed by atoms with Gasteiger partial charge in [-0.2, -0.15) is 0 Å². The van der Waals surface area contributed by atoms with Crippen molar-refractivity contribution in [2.24, 2.45) is 0 Å². The van der Waals surface area contributed by atoms with E-state index in [9.17, 15) is 0 Å². The minimum atomic E-state index is 0.616. The summed E-state index contributed by atoms with van der Waals surface area (Å²) < 4.78 is 2.64. The van der Waals surface area contributed by atoms with Crippen LogP contribution in [0.4, 0.5) is 5.13 Å². The summed E-state index contributed by atoms with van der Waals surface area (Å²) in [5.41, 5.74) is 7.80. The second-order valence-corrected chi connectivity index (χ2v) is 6.35. The number of benzene rings is 2. The Kier molecular flexibility index (Phi) is 2.33. The molecule has 4 rings (SSSR count). The van der Waals surface area contributed by atoms with Gasteiger partial charge < -0.3 is 5.73 Å². The number of nitrogens with zero attached hydrogens (tertiary/aromatic N) is 1. The highest BCUT2D eigenvalue weighted by Crippen LogP contribution is 2.36. The first-order valence-corrected chi connectivity index (χ1v) is 7.63. The number of anilines is 1. The molecule has 4 aromatic rings. The molecule has 0 spiro atoms. The van der Waals surface area contributed by atoms with E-state index in [0.717, 1.165) is 11.3 Å². The van der Waals surface area contributed by atoms with Crippen molar-refractivity contribution < 1.29 is 0 Å². The zero-order valence-electron chi connectivity index (χ0n) is 9.96. The second kappa shape index (κ2) is 4.05. The highest BCUT2D eigenvalue weighted by Gasteiger charge is 2.08. The summed E-state index contributed by atoms with van der Waals surface area (Å²) in [5.74, 6) is 0. The van der Waals surface area contributed by atoms with Crippen LogP contribution in [0, 0.1) is 0 Å². The van der Waals surface area contributed by atoms with E-state index in [2.05, 4.69) is 47.4 Å². The maximum Gasteiger partial charge on any atom is 0.180 e. The normalized spacial score (nSPS) is 11.4. The second-order valence-electron chi connectivity index (χ2n) is 4.38. The quantitative estimate of drug-likeness (QED) is 0.546. The lowest BCUT2D eigenvalue weighted by Gasteiger charge is -1.97. The molecule has 2 heterocycles. The first-order chi connectivity index (χ1) is 9.31. The minimum Gasteiger partial charge on any atom is -0.375 e. The first kappa shape index (κ1) is 11.0. The van der Waals surface area contributed by atoms with Crippen molar-refractivity contribution in [3.8, 4) is 11.3 Å². The van der Waals surface area contributed by atoms with Gasteiger partial charge in [-0.1, -0.05) is 24.3 Å². The van der Waals surface area contributed by atoms with Crippen molar-refractivity contribution in [3.63, 3.8) is 0 Å². The molecule has 2 aromatic heterocycles. The summed E-state index contributed by atoms with van der Waals surface area (Å²) >= 11 is 3.31. The third-order valence-electron chi connectivity index (χ3n) is 3.19. The van der Waals surface area contributed by atoms with Gasteiger partial charge in [-0.25, -0.2) is 4.98 Å². The Hall–Kier alpha value is -1.91. The Morgan fingerprint density at radius 1 is 0.947 bits per heavy atom. The fourth-order valence-electron chi connectivity index (χ4n) is 2.31. The van der Waals surface area contributed by atoms with Gasteiger partial charge in [0, 0.05) is 31.1 Å². The van der Waals surface area contributed by atoms with Crippen LogP contribution in [-0.4, -0.2) is 4.98 Å². The number of fused-ring (bicyclic) bond motifs is 3. The highest BCUT2D eigenvalue weighted by atomic mass is 32.1. The van der Waals surface area contributed by atoms with Crippen LogP contribution in [0.15, 0.2) is 47.8 Å². The summed E-state index contributed by atoms with van der Waals surface area (Å²) in [6.45, 7) is 0. The molecule has 0 bridgehead atoms. The number of nitrogens with two attached hydrogens (primary N) is 1. The lowest BCUT2D eigenvalue weighted by atomic mass is 10.1. The van der Waals surface area contributed by atoms with Crippen molar-refractivity contribution in [1.82, 2.24) is 4.98 Å². The molecule has 0 atom stereocenters. The van der Waals surface area contributed by atoms with E-state index in [-0.39, 0.29) is 0 Å². The number of thiophene rings is 1. The Morgan fingerprint density at radius 2 is 1.79 bits per heavy atom. The number of thiazole rings is 1. The van der Waals surface area contributed by atoms with Gasteiger partial charge in [-0.05, 0) is 18.2 Å². The number of rotatable bonds is 1. The molecule has 0 aliphatic carbocycles. The molecule has 0 unspecified atom stereocenters. The molecule has 0 aliphatic rings. The van der Waals surface area contributed by atoms with E-state index >= 15 is 0 Å². The zero-order chi connectivity index (χ0) is 12.8. The third kappa shape index (κ3) is 1.72. The number of aromatic nitrogens is 1. The summed E-state index contributed by atoms with van der Waals surface area (Å²) in [4.78, 5) is 4.35. The number of hydrogen-bond acceptors (Lipinski definition) is 4. The standard InChI is InChI=1S/C15H10N2S2/c16-15-17-12(8-18-15)9-5-6-14-11(7-9)10-3-1-2-4-13(10)19-14/h1-8H,(H2,16,17). The minimum absolute atomic E-state index is 0.616. The Balaban J connectivity index is 2.02. The van der Waals surface area contributed by atoms with Crippen LogP contribution in [0.5, 0.6) is 0 Å². The largest absolute Gasteiger partial charge is 0.375 e. The number of nitrogen functional groups attached to an aromatic ring is 1. The first-order valence-electron chi connectivity index (χ1n) is 5.94. The molecule has 0 aliphatic heterocycles. The van der Waals surface area contributed by atoms with Gasteiger partial charge in [0.05, 0.1) is 5.69 Å². The van der Waals surface area contributed by atoms with Crippen LogP contribution >= 0.6 is 22.7 Å². The van der Waals surface area contributed by atoms with E-state index < -0.39 is 0 Å². The van der Waals surface area contributed by atoms with Crippen LogP contribution in [0.2, 0.25) is 0 Å². The summed E-state index contributed by atoms with van der Waals surface area (Å²) in [6.07, 6.45) is 0. The molecule has 0 saturated carbocycles. The average molecular weight is 282 g/mol. The molecule has 0 radical (unpaired) electrons. The molecule has 2 N–H and O–H groups in total. The average Bonchev–Trinajstić information content (AvgIpc) is 3.01. The van der Waals surface area contributed by atoms with E-state index in [1.807, 2.05) is 16.7 Å². The van der Waals surface area contributed by atoms with Crippen molar-refractivity contribution in [3.05, 3.63) is 47.8 Å². The van der Waals surface area contributed by atoms with Crippen LogP contribution in [0.3, 0.4) is 0 Å². The molecular formula is C15H10N2S2. The van der Waals surface area contributed by atoms with Gasteiger partial charge in [0.2, 0.25) is 0 Å². The van der Waals surface area contributed by atoms with Crippen LogP contribution in [0.1, 0.15) is 0 Å². The highest BCUT2D eigenvalue weighted by molar-refractivity contribution is 7.25. The van der Waals surface area contributed by atoms with Gasteiger partial charge >= 0.3 is 0 Å². The van der Waals surface area contributed by atoms with Gasteiger partial charge in [0.25, 0.3) is 0 Å². The molecule has 4 heteroatoms. The Labute approximate surface area is 118 Å². The lowest BCUT2D eigenvalue weighted by molar-refractivity contribution is 1.42. The van der Waals surface area contributed by atoms with Gasteiger partial charge in [0.1, 0.15) is 0 Å². The Bertz CT molecular complexity index is 889. The summed E-state index contributed by atoms with van der Waals surface area (Å²) in [6, 6.07) is 15.0. The summed E-state index contributed by atoms with van der Waals surface area (Å²) in [5, 5.41) is 5.23. The SMILES string of the molecule is Nc1nc(-c2ccc3sc4ccccc4c3c2)cs1. The maximum atomic E-state index is 5.71. The van der Waals surface area contributed by atoms with Crippen molar-refractivity contribution >= 4 is 48.0 Å². The Morgan fingerprint density at radius 3 is 2.63 bits per heavy atom. The van der Waals surface area contributed by atoms with E-state index in [1.165, 1.54) is 31.5 Å². The molecule has 0 fully saturated rings. The third-order valence-corrected chi connectivity index (χ3v) is 5.02. The van der Waals surface area contributed by atoms with Crippen molar-refractivity contribution in [2.45, 2.75) is 0 Å². The fraction of sp³-hybridized carbons (Fsp3) is 0. The fourth-order valence-corrected chi connectivity index (χ4v) is 3.96. The van der Waals surface area contributed by atoms with Crippen molar-refractivity contribution in [1.29, 1.82) is 0 Å². The van der Waals surface area contributed by atoms with Gasteiger partial charge in [0.15, 0.2) is 5.13 Å². The molecular weight excluding hydrogens is 272 g/mol. The van der Waals surface area contributed by atoms with Crippen LogP contribution in [-0.2, 0) is 0 Å². The predicted molar refractivity (Wildman–Crippen MR) is 84.9 cm³/mol. The van der Waals surface area contributed by atoms with E-state index in [4.69, 9.17) is 5.73 Å².